The molecule has 6 heteroatoms. The molecule has 0 spiro atoms. The van der Waals surface area contributed by atoms with Gasteiger partial charge in [0.25, 0.3) is 5.56 Å². The van der Waals surface area contributed by atoms with Crippen molar-refractivity contribution in [3.63, 3.8) is 0 Å². The Hall–Kier alpha value is -0.880. The van der Waals surface area contributed by atoms with Gasteiger partial charge >= 0.3 is 0 Å². The molecule has 110 valence electrons. The zero-order valence-corrected chi connectivity index (χ0v) is 13.0. The van der Waals surface area contributed by atoms with Gasteiger partial charge in [-0.2, -0.15) is 5.10 Å². The van der Waals surface area contributed by atoms with Gasteiger partial charge in [-0.15, -0.1) is 0 Å². The summed E-state index contributed by atoms with van der Waals surface area (Å²) in [6.07, 6.45) is 7.96. The minimum absolute atomic E-state index is 0.103. The van der Waals surface area contributed by atoms with Crippen molar-refractivity contribution in [3.8, 4) is 0 Å². The first-order valence-corrected chi connectivity index (χ1v) is 8.09. The van der Waals surface area contributed by atoms with E-state index in [9.17, 15) is 9.90 Å². The zero-order chi connectivity index (χ0) is 14.2. The van der Waals surface area contributed by atoms with E-state index in [0.717, 1.165) is 19.3 Å². The molecule has 2 saturated carbocycles. The Kier molecular flexibility index (Phi) is 3.86. The fourth-order valence-electron chi connectivity index (χ4n) is 2.69. The van der Waals surface area contributed by atoms with Crippen LogP contribution in [0.3, 0.4) is 0 Å². The van der Waals surface area contributed by atoms with Crippen molar-refractivity contribution in [2.45, 2.75) is 50.7 Å². The molecule has 3 rings (SSSR count). The molecule has 0 radical (unpaired) electrons. The third-order valence-corrected chi connectivity index (χ3v) is 5.13. The van der Waals surface area contributed by atoms with E-state index in [2.05, 4.69) is 26.3 Å². The van der Waals surface area contributed by atoms with Gasteiger partial charge in [0.15, 0.2) is 0 Å². The van der Waals surface area contributed by atoms with Crippen molar-refractivity contribution < 1.29 is 5.11 Å². The summed E-state index contributed by atoms with van der Waals surface area (Å²) < 4.78 is 2.21. The molecule has 2 N–H and O–H groups in total. The van der Waals surface area contributed by atoms with Crippen LogP contribution in [0.4, 0.5) is 5.69 Å². The average molecular weight is 342 g/mol. The zero-order valence-electron chi connectivity index (χ0n) is 11.4. The number of nitrogens with zero attached hydrogens (tertiary/aromatic N) is 2. The minimum atomic E-state index is -0.645. The first-order valence-electron chi connectivity index (χ1n) is 7.29. The average Bonchev–Trinajstić information content (AvgIpc) is 2.33. The van der Waals surface area contributed by atoms with Crippen LogP contribution in [0.5, 0.6) is 0 Å². The highest BCUT2D eigenvalue weighted by molar-refractivity contribution is 9.10. The minimum Gasteiger partial charge on any atom is -0.388 e. The van der Waals surface area contributed by atoms with Gasteiger partial charge in [-0.3, -0.25) is 4.79 Å². The Morgan fingerprint density at radius 2 is 2.20 bits per heavy atom. The van der Waals surface area contributed by atoms with E-state index in [0.29, 0.717) is 29.2 Å². The van der Waals surface area contributed by atoms with Crippen molar-refractivity contribution >= 4 is 21.6 Å². The fourth-order valence-corrected chi connectivity index (χ4v) is 3.09. The van der Waals surface area contributed by atoms with Crippen LogP contribution >= 0.6 is 15.9 Å². The molecule has 5 nitrogen and oxygen atoms in total. The second-order valence-corrected chi connectivity index (χ2v) is 6.94. The summed E-state index contributed by atoms with van der Waals surface area (Å²) in [5.41, 5.74) is -0.234. The first kappa shape index (κ1) is 14.1. The van der Waals surface area contributed by atoms with E-state index < -0.39 is 5.60 Å². The lowest BCUT2D eigenvalue weighted by Crippen LogP contribution is -2.44. The Morgan fingerprint density at radius 1 is 1.45 bits per heavy atom. The number of hydrogen-bond acceptors (Lipinski definition) is 4. The molecule has 2 aliphatic carbocycles. The summed E-state index contributed by atoms with van der Waals surface area (Å²) in [7, 11) is 0. The second kappa shape index (κ2) is 5.48. The second-order valence-electron chi connectivity index (χ2n) is 6.08. The number of anilines is 1. The maximum atomic E-state index is 12.4. The molecule has 1 aromatic rings. The molecule has 2 fully saturated rings. The van der Waals surface area contributed by atoms with E-state index in [1.54, 1.807) is 10.9 Å². The van der Waals surface area contributed by atoms with Gasteiger partial charge in [0.1, 0.15) is 5.69 Å². The number of aliphatic hydroxyl groups is 1. The predicted octanol–water partition coefficient (Wildman–Crippen LogP) is 2.13. The quantitative estimate of drug-likeness (QED) is 0.860. The molecule has 0 aliphatic heterocycles. The SMILES string of the molecule is O=c1c(NCC2(O)CCC2)c(Br)cnn1CC1CCC1. The largest absolute Gasteiger partial charge is 0.388 e. The molecule has 0 amide bonds. The molecule has 0 unspecified atom stereocenters. The van der Waals surface area contributed by atoms with Crippen molar-refractivity contribution in [3.05, 3.63) is 21.0 Å². The van der Waals surface area contributed by atoms with E-state index in [-0.39, 0.29) is 5.56 Å². The lowest BCUT2D eigenvalue weighted by molar-refractivity contribution is -0.0202. The Labute approximate surface area is 126 Å². The molecule has 0 aromatic carbocycles. The summed E-state index contributed by atoms with van der Waals surface area (Å²) >= 11 is 3.37. The molecular weight excluding hydrogens is 322 g/mol. The summed E-state index contributed by atoms with van der Waals surface area (Å²) in [6, 6.07) is 0. The summed E-state index contributed by atoms with van der Waals surface area (Å²) in [4.78, 5) is 12.4. The van der Waals surface area contributed by atoms with Crippen LogP contribution in [-0.2, 0) is 6.54 Å². The molecule has 0 saturated heterocycles. The van der Waals surface area contributed by atoms with Gasteiger partial charge in [-0.1, -0.05) is 6.42 Å². The van der Waals surface area contributed by atoms with Crippen LogP contribution in [0.15, 0.2) is 15.5 Å². The van der Waals surface area contributed by atoms with Crippen molar-refractivity contribution in [1.29, 1.82) is 0 Å². The number of aromatic nitrogens is 2. The van der Waals surface area contributed by atoms with E-state index in [1.807, 2.05) is 0 Å². The fraction of sp³-hybridized carbons (Fsp3) is 0.714. The molecule has 20 heavy (non-hydrogen) atoms. The molecular formula is C14H20BrN3O2. The monoisotopic (exact) mass is 341 g/mol. The predicted molar refractivity (Wildman–Crippen MR) is 80.8 cm³/mol. The maximum Gasteiger partial charge on any atom is 0.291 e. The van der Waals surface area contributed by atoms with Crippen LogP contribution in [0.25, 0.3) is 0 Å². The van der Waals surface area contributed by atoms with Gasteiger partial charge in [0.2, 0.25) is 0 Å². The van der Waals surface area contributed by atoms with Gasteiger partial charge < -0.3 is 10.4 Å². The molecule has 1 aromatic heterocycles. The summed E-state index contributed by atoms with van der Waals surface area (Å²) in [6.45, 7) is 1.12. The topological polar surface area (TPSA) is 67.2 Å². The van der Waals surface area contributed by atoms with E-state index >= 15 is 0 Å². The lowest BCUT2D eigenvalue weighted by Gasteiger charge is -2.36. The van der Waals surface area contributed by atoms with Crippen LogP contribution < -0.4 is 10.9 Å². The highest BCUT2D eigenvalue weighted by Crippen LogP contribution is 2.32. The van der Waals surface area contributed by atoms with Gasteiger partial charge in [-0.25, -0.2) is 4.68 Å². The molecule has 1 heterocycles. The Morgan fingerprint density at radius 3 is 2.75 bits per heavy atom. The number of halogens is 1. The molecule has 0 atom stereocenters. The van der Waals surface area contributed by atoms with Crippen molar-refractivity contribution in [1.82, 2.24) is 9.78 Å². The number of rotatable bonds is 5. The highest BCUT2D eigenvalue weighted by Gasteiger charge is 2.34. The highest BCUT2D eigenvalue weighted by atomic mass is 79.9. The number of hydrogen-bond donors (Lipinski definition) is 2. The van der Waals surface area contributed by atoms with Gasteiger partial charge in [0, 0.05) is 13.1 Å². The first-order chi connectivity index (χ1) is 9.57. The summed E-state index contributed by atoms with van der Waals surface area (Å²) in [5, 5.41) is 17.4. The number of nitrogens with one attached hydrogen (secondary N) is 1. The van der Waals surface area contributed by atoms with E-state index in [4.69, 9.17) is 0 Å². The maximum absolute atomic E-state index is 12.4. The molecule has 2 aliphatic rings. The lowest BCUT2D eigenvalue weighted by atomic mass is 9.80. The third kappa shape index (κ3) is 2.76. The molecule has 0 bridgehead atoms. The normalized spacial score (nSPS) is 21.1. The van der Waals surface area contributed by atoms with Crippen LogP contribution in [-0.4, -0.2) is 27.0 Å². The van der Waals surface area contributed by atoms with Crippen LogP contribution in [0.1, 0.15) is 38.5 Å². The summed E-state index contributed by atoms with van der Waals surface area (Å²) in [5.74, 6) is 0.588. The van der Waals surface area contributed by atoms with Crippen LogP contribution in [0.2, 0.25) is 0 Å². The Bertz CT molecular complexity index is 550. The Balaban J connectivity index is 1.74. The van der Waals surface area contributed by atoms with Crippen LogP contribution in [0, 0.1) is 5.92 Å². The smallest absolute Gasteiger partial charge is 0.291 e. The van der Waals surface area contributed by atoms with E-state index in [1.165, 1.54) is 19.3 Å². The van der Waals surface area contributed by atoms with Gasteiger partial charge in [-0.05, 0) is 54.0 Å². The third-order valence-electron chi connectivity index (χ3n) is 4.53. The van der Waals surface area contributed by atoms with Crippen molar-refractivity contribution in [2.75, 3.05) is 11.9 Å². The van der Waals surface area contributed by atoms with Crippen molar-refractivity contribution in [2.24, 2.45) is 5.92 Å². The van der Waals surface area contributed by atoms with Gasteiger partial charge in [0.05, 0.1) is 16.3 Å². The standard InChI is InChI=1S/C14H20BrN3O2/c15-11-7-17-18(8-10-3-1-4-10)13(19)12(11)16-9-14(20)5-2-6-14/h7,10,16,20H,1-6,8-9H2.